The van der Waals surface area contributed by atoms with Crippen molar-refractivity contribution in [2.75, 3.05) is 20.1 Å². The second kappa shape index (κ2) is 7.38. The Balaban J connectivity index is 1.86. The van der Waals surface area contributed by atoms with Gasteiger partial charge in [0.25, 0.3) is 0 Å². The first-order valence-electron chi connectivity index (χ1n) is 9.97. The van der Waals surface area contributed by atoms with E-state index >= 15 is 0 Å². The van der Waals surface area contributed by atoms with Crippen LogP contribution in [0.25, 0.3) is 0 Å². The van der Waals surface area contributed by atoms with E-state index in [0.29, 0.717) is 24.3 Å². The van der Waals surface area contributed by atoms with Crippen LogP contribution in [0.3, 0.4) is 0 Å². The molecule has 1 aliphatic heterocycles. The summed E-state index contributed by atoms with van der Waals surface area (Å²) in [5, 5.41) is 0. The lowest BCUT2D eigenvalue weighted by Crippen LogP contribution is -2.48. The quantitative estimate of drug-likeness (QED) is 0.778. The zero-order chi connectivity index (χ0) is 19.0. The fourth-order valence-corrected chi connectivity index (χ4v) is 4.30. The van der Waals surface area contributed by atoms with Crippen molar-refractivity contribution in [3.05, 3.63) is 0 Å². The van der Waals surface area contributed by atoms with E-state index in [1.807, 2.05) is 25.7 Å². The van der Waals surface area contributed by atoms with Crippen LogP contribution < -0.4 is 0 Å². The zero-order valence-corrected chi connectivity index (χ0v) is 17.4. The van der Waals surface area contributed by atoms with Gasteiger partial charge in [-0.2, -0.15) is 0 Å². The summed E-state index contributed by atoms with van der Waals surface area (Å²) in [5.74, 6) is 0.791. The lowest BCUT2D eigenvalue weighted by atomic mass is 9.82. The van der Waals surface area contributed by atoms with Gasteiger partial charge in [0, 0.05) is 41.9 Å². The highest BCUT2D eigenvalue weighted by atomic mass is 16.2. The van der Waals surface area contributed by atoms with Crippen LogP contribution in [0.4, 0.5) is 0 Å². The number of hydrogen-bond acceptors (Lipinski definition) is 3. The molecule has 1 amide bonds. The third-order valence-electron chi connectivity index (χ3n) is 6.26. The Morgan fingerprint density at radius 2 is 1.44 bits per heavy atom. The molecule has 0 N–H and O–H groups in total. The van der Waals surface area contributed by atoms with Crippen LogP contribution >= 0.6 is 0 Å². The van der Waals surface area contributed by atoms with E-state index in [1.54, 1.807) is 0 Å². The molecule has 0 aromatic rings. The summed E-state index contributed by atoms with van der Waals surface area (Å²) >= 11 is 0. The maximum atomic E-state index is 12.9. The Morgan fingerprint density at radius 1 is 0.880 bits per heavy atom. The highest BCUT2D eigenvalue weighted by Crippen LogP contribution is 2.33. The lowest BCUT2D eigenvalue weighted by molar-refractivity contribution is -0.136. The number of carbonyl (C=O) groups excluding carboxylic acids is 2. The van der Waals surface area contributed by atoms with Crippen molar-refractivity contribution in [1.29, 1.82) is 0 Å². The van der Waals surface area contributed by atoms with Crippen LogP contribution in [-0.4, -0.2) is 53.2 Å². The molecular weight excluding hydrogens is 312 g/mol. The number of amides is 1. The Labute approximate surface area is 154 Å². The summed E-state index contributed by atoms with van der Waals surface area (Å²) in [6.07, 6.45) is 5.01. The number of carbonyl (C=O) groups is 2. The molecule has 1 saturated heterocycles. The number of Topliss-reactive ketones (excluding diaryl/α,β-unsaturated/α-hetero) is 1. The van der Waals surface area contributed by atoms with Crippen LogP contribution in [-0.2, 0) is 9.59 Å². The van der Waals surface area contributed by atoms with E-state index in [0.717, 1.165) is 38.6 Å². The van der Waals surface area contributed by atoms with Crippen LogP contribution in [0, 0.1) is 17.3 Å². The molecule has 1 aliphatic carbocycles. The van der Waals surface area contributed by atoms with Crippen molar-refractivity contribution in [2.45, 2.75) is 85.2 Å². The van der Waals surface area contributed by atoms with Gasteiger partial charge in [-0.3, -0.25) is 14.5 Å². The standard InChI is InChI=1S/C21H38N2O2/c1-20(2,3)18(24)16-12-13-23(14-16)19(25)15-8-10-17(11-9-15)22(7)21(4,5)6/h15-17H,8-14H2,1-7H3/t15?,16-,17?/m1/s1. The maximum Gasteiger partial charge on any atom is 0.225 e. The fourth-order valence-electron chi connectivity index (χ4n) is 4.30. The van der Waals surface area contributed by atoms with E-state index in [-0.39, 0.29) is 22.8 Å². The Morgan fingerprint density at radius 3 is 1.92 bits per heavy atom. The molecule has 2 aliphatic rings. The minimum atomic E-state index is -0.306. The summed E-state index contributed by atoms with van der Waals surface area (Å²) in [7, 11) is 2.20. The molecule has 1 saturated carbocycles. The minimum absolute atomic E-state index is 0.0345. The van der Waals surface area contributed by atoms with Gasteiger partial charge >= 0.3 is 0 Å². The van der Waals surface area contributed by atoms with Crippen LogP contribution in [0.2, 0.25) is 0 Å². The lowest BCUT2D eigenvalue weighted by Gasteiger charge is -2.42. The summed E-state index contributed by atoms with van der Waals surface area (Å²) < 4.78 is 0. The molecular formula is C21H38N2O2. The van der Waals surface area contributed by atoms with Crippen molar-refractivity contribution >= 4 is 11.7 Å². The number of likely N-dealkylation sites (tertiary alicyclic amines) is 1. The summed E-state index contributed by atoms with van der Waals surface area (Å²) in [5.41, 5.74) is -0.129. The van der Waals surface area contributed by atoms with Crippen molar-refractivity contribution < 1.29 is 9.59 Å². The van der Waals surface area contributed by atoms with E-state index in [4.69, 9.17) is 0 Å². The highest BCUT2D eigenvalue weighted by Gasteiger charge is 2.39. The second-order valence-corrected chi connectivity index (χ2v) is 10.2. The molecule has 1 heterocycles. The van der Waals surface area contributed by atoms with Crippen molar-refractivity contribution in [1.82, 2.24) is 9.80 Å². The predicted molar refractivity (Wildman–Crippen MR) is 102 cm³/mol. The van der Waals surface area contributed by atoms with Gasteiger partial charge in [0.15, 0.2) is 0 Å². The molecule has 4 heteroatoms. The smallest absolute Gasteiger partial charge is 0.225 e. The first-order chi connectivity index (χ1) is 11.4. The van der Waals surface area contributed by atoms with Crippen molar-refractivity contribution in [3.63, 3.8) is 0 Å². The molecule has 4 nitrogen and oxygen atoms in total. The third kappa shape index (κ3) is 4.84. The van der Waals surface area contributed by atoms with E-state index in [2.05, 4.69) is 32.7 Å². The molecule has 25 heavy (non-hydrogen) atoms. The van der Waals surface area contributed by atoms with Gasteiger partial charge < -0.3 is 4.90 Å². The molecule has 0 radical (unpaired) electrons. The van der Waals surface area contributed by atoms with Crippen LogP contribution in [0.15, 0.2) is 0 Å². The van der Waals surface area contributed by atoms with Gasteiger partial charge in [0.05, 0.1) is 0 Å². The second-order valence-electron chi connectivity index (χ2n) is 10.2. The summed E-state index contributed by atoms with van der Waals surface area (Å²) in [6.45, 7) is 14.1. The Hall–Kier alpha value is -0.900. The minimum Gasteiger partial charge on any atom is -0.342 e. The van der Waals surface area contributed by atoms with Gasteiger partial charge in [0.1, 0.15) is 5.78 Å². The molecule has 0 spiro atoms. The van der Waals surface area contributed by atoms with Crippen molar-refractivity contribution in [3.8, 4) is 0 Å². The number of hydrogen-bond donors (Lipinski definition) is 0. The molecule has 1 atom stereocenters. The third-order valence-corrected chi connectivity index (χ3v) is 6.26. The molecule has 0 aromatic heterocycles. The van der Waals surface area contributed by atoms with Gasteiger partial charge in [-0.1, -0.05) is 20.8 Å². The monoisotopic (exact) mass is 350 g/mol. The SMILES string of the molecule is CN(C1CCC(C(=O)N2CC[C@@H](C(=O)C(C)(C)C)C2)CC1)C(C)(C)C. The fraction of sp³-hybridized carbons (Fsp3) is 0.905. The normalized spacial score (nSPS) is 28.5. The molecule has 2 fully saturated rings. The summed E-state index contributed by atoms with van der Waals surface area (Å²) in [4.78, 5) is 29.8. The van der Waals surface area contributed by atoms with Gasteiger partial charge in [-0.25, -0.2) is 0 Å². The van der Waals surface area contributed by atoms with E-state index < -0.39 is 0 Å². The predicted octanol–water partition coefficient (Wildman–Crippen LogP) is 3.74. The van der Waals surface area contributed by atoms with Crippen LogP contribution in [0.5, 0.6) is 0 Å². The van der Waals surface area contributed by atoms with E-state index in [1.165, 1.54) is 0 Å². The van der Waals surface area contributed by atoms with E-state index in [9.17, 15) is 9.59 Å². The summed E-state index contributed by atoms with van der Waals surface area (Å²) in [6, 6.07) is 0.581. The number of nitrogens with zero attached hydrogens (tertiary/aromatic N) is 2. The Bertz CT molecular complexity index is 493. The van der Waals surface area contributed by atoms with Gasteiger partial charge in [0.2, 0.25) is 5.91 Å². The molecule has 144 valence electrons. The molecule has 0 unspecified atom stereocenters. The Kier molecular flexibility index (Phi) is 6.03. The van der Waals surface area contributed by atoms with Gasteiger partial charge in [-0.15, -0.1) is 0 Å². The zero-order valence-electron chi connectivity index (χ0n) is 17.4. The van der Waals surface area contributed by atoms with Gasteiger partial charge in [-0.05, 0) is 59.9 Å². The highest BCUT2D eigenvalue weighted by molar-refractivity contribution is 5.88. The number of ketones is 1. The largest absolute Gasteiger partial charge is 0.342 e. The average molecular weight is 351 g/mol. The topological polar surface area (TPSA) is 40.6 Å². The first-order valence-corrected chi connectivity index (χ1v) is 9.97. The molecule has 2 rings (SSSR count). The number of rotatable bonds is 3. The molecule has 0 aromatic carbocycles. The first kappa shape index (κ1) is 20.4. The van der Waals surface area contributed by atoms with Crippen molar-refractivity contribution in [2.24, 2.45) is 17.3 Å². The maximum absolute atomic E-state index is 12.9. The average Bonchev–Trinajstić information content (AvgIpc) is 3.00. The molecule has 0 bridgehead atoms. The van der Waals surface area contributed by atoms with Crippen LogP contribution in [0.1, 0.15) is 73.6 Å².